The second kappa shape index (κ2) is 30.4. The third-order valence-corrected chi connectivity index (χ3v) is 6.20. The largest absolute Gasteiger partial charge is 4.00 e. The Kier molecular flexibility index (Phi) is 27.2. The number of carbonyl (C=O) groups is 8. The van der Waals surface area contributed by atoms with Gasteiger partial charge in [-0.1, -0.05) is 48.5 Å². The summed E-state index contributed by atoms with van der Waals surface area (Å²) < 4.78 is 0. The number of H-pyrrole nitrogens is 8. The van der Waals surface area contributed by atoms with Gasteiger partial charge in [-0.05, 0) is 48.5 Å². The van der Waals surface area contributed by atoms with Crippen molar-refractivity contribution in [2.75, 3.05) is 0 Å². The van der Waals surface area contributed by atoms with E-state index in [2.05, 4.69) is 39.9 Å². The first-order chi connectivity index (χ1) is 28.4. The maximum Gasteiger partial charge on any atom is 4.00 e. The number of carbonyl (C=O) groups excluding carboxylic acids is 8. The Hall–Kier alpha value is -8.64. The number of para-hydroxylation sites is 8. The number of aliphatic carboxylic acids is 8. The summed E-state index contributed by atoms with van der Waals surface area (Å²) in [5, 5.41) is 71.4. The van der Waals surface area contributed by atoms with Crippen LogP contribution in [0.5, 0.6) is 0 Å². The zero-order valence-corrected chi connectivity index (χ0v) is 33.5. The van der Waals surface area contributed by atoms with Crippen molar-refractivity contribution in [1.29, 1.82) is 0 Å². The van der Waals surface area contributed by atoms with Crippen molar-refractivity contribution in [2.24, 2.45) is 0 Å². The number of benzene rings is 4. The molecular formula is C36H30N8O17Zr. The number of carboxylic acids is 8. The van der Waals surface area contributed by atoms with Crippen molar-refractivity contribution < 1.29 is 131 Å². The topological polar surface area (TPSA) is 472 Å². The average molecular weight is 938 g/mol. The number of hydrogen-bond acceptors (Lipinski definition) is 16. The van der Waals surface area contributed by atoms with E-state index in [1.807, 2.05) is 122 Å². The number of carboxylic acid groups (broad SMARTS) is 8. The van der Waals surface area contributed by atoms with E-state index in [9.17, 15) is 0 Å². The molecule has 0 saturated carbocycles. The molecule has 4 heterocycles. The third-order valence-electron chi connectivity index (χ3n) is 6.20. The SMILES string of the molecule is O.O=C([O-])C(=O)[O-].O=C([O-])C(=O)[O-].O=C([O-])C(=O)[O-].O=C([O-])C(=O)[O-].[Zr+4].c1ccc2[nH+]c[nH]c2c1.c1ccc2[nH+]c[nH]c2c1.c1ccc2[nH+]c[nH]c2c1.c1ccc2[nH+]c[nH]c2c1. The maximum atomic E-state index is 8.93. The van der Waals surface area contributed by atoms with Crippen LogP contribution in [0.15, 0.2) is 122 Å². The molecule has 25 nitrogen and oxygen atoms in total. The molecule has 0 bridgehead atoms. The summed E-state index contributed by atoms with van der Waals surface area (Å²) in [5.41, 5.74) is 9.20. The van der Waals surface area contributed by atoms with Crippen molar-refractivity contribution in [3.63, 3.8) is 0 Å². The first kappa shape index (κ1) is 55.5. The molecular weight excluding hydrogens is 908 g/mol. The number of imidazole rings is 4. The molecule has 26 heteroatoms. The molecule has 0 spiro atoms. The van der Waals surface area contributed by atoms with E-state index in [0.717, 1.165) is 44.1 Å². The smallest absolute Gasteiger partial charge is 0.543 e. The molecule has 8 aromatic rings. The van der Waals surface area contributed by atoms with Crippen molar-refractivity contribution in [1.82, 2.24) is 19.9 Å². The van der Waals surface area contributed by atoms with Gasteiger partial charge in [-0.3, -0.25) is 0 Å². The molecule has 4 aromatic heterocycles. The van der Waals surface area contributed by atoms with Crippen LogP contribution in [-0.4, -0.2) is 73.2 Å². The molecule has 0 atom stereocenters. The molecule has 0 aliphatic heterocycles. The minimum Gasteiger partial charge on any atom is -0.543 e. The predicted molar refractivity (Wildman–Crippen MR) is 183 cm³/mol. The van der Waals surface area contributed by atoms with Crippen molar-refractivity contribution in [3.8, 4) is 0 Å². The zero-order valence-electron chi connectivity index (χ0n) is 31.1. The van der Waals surface area contributed by atoms with Gasteiger partial charge in [0.25, 0.3) is 0 Å². The number of aromatic nitrogens is 8. The minimum absolute atomic E-state index is 0. The molecule has 10 N–H and O–H groups in total. The second-order valence-electron chi connectivity index (χ2n) is 10.2. The summed E-state index contributed by atoms with van der Waals surface area (Å²) in [7, 11) is 0. The van der Waals surface area contributed by atoms with Gasteiger partial charge in [0.1, 0.15) is 0 Å². The van der Waals surface area contributed by atoms with E-state index in [1.54, 1.807) is 0 Å². The van der Waals surface area contributed by atoms with Gasteiger partial charge in [-0.15, -0.1) is 0 Å². The van der Waals surface area contributed by atoms with Crippen LogP contribution in [0.1, 0.15) is 0 Å². The number of fused-ring (bicyclic) bond motifs is 4. The molecule has 0 amide bonds. The molecule has 4 aromatic carbocycles. The number of hydrogen-bond donors (Lipinski definition) is 4. The van der Waals surface area contributed by atoms with Crippen LogP contribution in [0.4, 0.5) is 0 Å². The second-order valence-corrected chi connectivity index (χ2v) is 10.2. The predicted octanol–water partition coefficient (Wildman–Crippen LogP) is -11.0. The van der Waals surface area contributed by atoms with Gasteiger partial charge < -0.3 is 84.7 Å². The molecule has 0 fully saturated rings. The van der Waals surface area contributed by atoms with Crippen LogP contribution in [0, 0.1) is 0 Å². The Bertz CT molecular complexity index is 2110. The fraction of sp³-hybridized carbons (Fsp3) is 0. The van der Waals surface area contributed by atoms with Crippen LogP contribution >= 0.6 is 0 Å². The van der Waals surface area contributed by atoms with Crippen molar-refractivity contribution in [2.45, 2.75) is 0 Å². The summed E-state index contributed by atoms with van der Waals surface area (Å²) in [4.78, 5) is 95.9. The molecule has 62 heavy (non-hydrogen) atoms. The minimum atomic E-state index is -2.19. The Labute approximate surface area is 363 Å². The van der Waals surface area contributed by atoms with E-state index in [4.69, 9.17) is 79.2 Å². The van der Waals surface area contributed by atoms with Crippen LogP contribution in [0.2, 0.25) is 0 Å². The number of nitrogens with one attached hydrogen (secondary N) is 8. The Morgan fingerprint density at radius 2 is 0.452 bits per heavy atom. The zero-order chi connectivity index (χ0) is 45.0. The average Bonchev–Trinajstić information content (AvgIpc) is 4.07. The normalized spacial score (nSPS) is 8.77. The standard InChI is InChI=1S/4C7H6N2.4C2H2O4.H2O.Zr/c4*1-2-4-7-6(3-1)8-5-9-7;4*3-1(4)2(5)6;;/h4*1-5H,(H,8,9);4*(H,3,4)(H,5,6);1H2;/q;;;;;;;;;+4/p-4. The Morgan fingerprint density at radius 1 is 0.306 bits per heavy atom. The van der Waals surface area contributed by atoms with E-state index in [0.29, 0.717) is 0 Å². The quantitative estimate of drug-likeness (QED) is 0.103. The molecule has 0 aliphatic rings. The molecule has 0 unspecified atom stereocenters. The first-order valence-corrected chi connectivity index (χ1v) is 15.9. The van der Waals surface area contributed by atoms with Gasteiger partial charge in [-0.25, -0.2) is 39.9 Å². The van der Waals surface area contributed by atoms with Crippen molar-refractivity contribution >= 4 is 91.9 Å². The van der Waals surface area contributed by atoms with Crippen LogP contribution in [0.3, 0.4) is 0 Å². The molecule has 8 rings (SSSR count). The summed E-state index contributed by atoms with van der Waals surface area (Å²) in [5.74, 6) is -17.5. The van der Waals surface area contributed by atoms with Gasteiger partial charge in [0.2, 0.25) is 25.3 Å². The van der Waals surface area contributed by atoms with E-state index in [-0.39, 0.29) is 31.7 Å². The van der Waals surface area contributed by atoms with E-state index >= 15 is 0 Å². The molecule has 0 saturated heterocycles. The van der Waals surface area contributed by atoms with Gasteiger partial charge in [0.05, 0.1) is 47.8 Å². The number of rotatable bonds is 0. The van der Waals surface area contributed by atoms with E-state index < -0.39 is 47.8 Å². The molecule has 0 radical (unpaired) electrons. The van der Waals surface area contributed by atoms with Crippen LogP contribution < -0.4 is 60.8 Å². The Balaban J connectivity index is 0. The van der Waals surface area contributed by atoms with Crippen LogP contribution in [-0.2, 0) is 64.6 Å². The summed E-state index contributed by atoms with van der Waals surface area (Å²) in [6.07, 6.45) is 7.30. The fourth-order valence-electron chi connectivity index (χ4n) is 3.71. The van der Waals surface area contributed by atoms with Gasteiger partial charge in [0, 0.05) is 0 Å². The summed E-state index contributed by atoms with van der Waals surface area (Å²) >= 11 is 0. The first-order valence-electron chi connectivity index (χ1n) is 15.9. The number of aromatic amines is 8. The van der Waals surface area contributed by atoms with Crippen LogP contribution in [0.25, 0.3) is 44.1 Å². The van der Waals surface area contributed by atoms with Gasteiger partial charge in [0.15, 0.2) is 44.1 Å². The molecule has 320 valence electrons. The monoisotopic (exact) mass is 936 g/mol. The third kappa shape index (κ3) is 22.9. The summed E-state index contributed by atoms with van der Waals surface area (Å²) in [6.45, 7) is 0. The fourth-order valence-corrected chi connectivity index (χ4v) is 3.71. The Morgan fingerprint density at radius 3 is 0.581 bits per heavy atom. The summed E-state index contributed by atoms with van der Waals surface area (Å²) in [6, 6.07) is 32.3. The van der Waals surface area contributed by atoms with E-state index in [1.165, 1.54) is 0 Å². The van der Waals surface area contributed by atoms with Crippen molar-refractivity contribution in [3.05, 3.63) is 122 Å². The molecule has 0 aliphatic carbocycles. The van der Waals surface area contributed by atoms with Gasteiger partial charge in [-0.2, -0.15) is 0 Å². The van der Waals surface area contributed by atoms with Gasteiger partial charge >= 0.3 is 26.2 Å². The maximum absolute atomic E-state index is 8.93.